The molecular weight excluding hydrogens is 472 g/mol. The summed E-state index contributed by atoms with van der Waals surface area (Å²) in [4.78, 5) is 35.0. The van der Waals surface area contributed by atoms with Gasteiger partial charge in [0.05, 0.1) is 5.56 Å². The Hall–Kier alpha value is -5.09. The van der Waals surface area contributed by atoms with Gasteiger partial charge in [0, 0.05) is 16.7 Å². The van der Waals surface area contributed by atoms with Crippen molar-refractivity contribution in [3.63, 3.8) is 0 Å². The number of ether oxygens (including phenoxy) is 1. The van der Waals surface area contributed by atoms with E-state index in [0.717, 1.165) is 27.8 Å². The molecule has 0 heterocycles. The number of rotatable bonds is 6. The number of benzene rings is 5. The first kappa shape index (κ1) is 26.0. The second-order valence-electron chi connectivity index (χ2n) is 8.55. The number of hydrogen-bond donors (Lipinski definition) is 0. The highest BCUT2D eigenvalue weighted by atomic mass is 16.5. The van der Waals surface area contributed by atoms with Crippen molar-refractivity contribution in [3.05, 3.63) is 161 Å². The molecule has 0 bridgehead atoms. The van der Waals surface area contributed by atoms with E-state index in [2.05, 4.69) is 12.1 Å². The van der Waals surface area contributed by atoms with Crippen molar-refractivity contribution < 1.29 is 19.1 Å². The lowest BCUT2D eigenvalue weighted by molar-refractivity contribution is 0.0731. The molecule has 5 rings (SSSR count). The lowest BCUT2D eigenvalue weighted by Crippen LogP contribution is -2.10. The molecule has 0 fully saturated rings. The van der Waals surface area contributed by atoms with Gasteiger partial charge in [-0.2, -0.15) is 0 Å². The summed E-state index contributed by atoms with van der Waals surface area (Å²) in [6, 6.07) is 40.9. The van der Waals surface area contributed by atoms with Gasteiger partial charge in [-0.15, -0.1) is 0 Å². The molecule has 0 spiro atoms. The molecule has 0 aliphatic rings. The van der Waals surface area contributed by atoms with Crippen LogP contribution in [0.4, 0.5) is 0 Å². The number of carbonyl (C=O) groups excluding carboxylic acids is 3. The van der Waals surface area contributed by atoms with Crippen LogP contribution in [0.1, 0.15) is 42.2 Å². The van der Waals surface area contributed by atoms with Crippen molar-refractivity contribution >= 4 is 18.0 Å². The molecule has 0 N–H and O–H groups in total. The van der Waals surface area contributed by atoms with E-state index >= 15 is 0 Å². The standard InChI is InChI=1S/C20H16O.C14H10O3/c1-15-6-5-9-19(14-15)20(21)18-12-10-17(11-13-18)16-7-3-2-4-8-16;15-10-11-6-4-5-9-13(11)14(16)17-12-7-2-1-3-8-12/h2-14H,1H3;1-10H. The Morgan fingerprint density at radius 1 is 0.605 bits per heavy atom. The zero-order chi connectivity index (χ0) is 26.7. The van der Waals surface area contributed by atoms with Crippen molar-refractivity contribution in [2.45, 2.75) is 6.92 Å². The number of carbonyl (C=O) groups is 3. The Morgan fingerprint density at radius 2 is 1.21 bits per heavy atom. The summed E-state index contributed by atoms with van der Waals surface area (Å²) >= 11 is 0. The van der Waals surface area contributed by atoms with Crippen molar-refractivity contribution in [1.82, 2.24) is 0 Å². The van der Waals surface area contributed by atoms with E-state index in [4.69, 9.17) is 4.74 Å². The second-order valence-corrected chi connectivity index (χ2v) is 8.55. The Balaban J connectivity index is 0.000000181. The van der Waals surface area contributed by atoms with E-state index in [9.17, 15) is 14.4 Å². The van der Waals surface area contributed by atoms with Crippen molar-refractivity contribution in [1.29, 1.82) is 0 Å². The lowest BCUT2D eigenvalue weighted by atomic mass is 9.99. The van der Waals surface area contributed by atoms with Gasteiger partial charge in [0.2, 0.25) is 0 Å². The molecule has 186 valence electrons. The molecule has 5 aromatic carbocycles. The average Bonchev–Trinajstić information content (AvgIpc) is 2.98. The van der Waals surface area contributed by atoms with Gasteiger partial charge in [-0.25, -0.2) is 4.79 Å². The largest absolute Gasteiger partial charge is 0.423 e. The minimum Gasteiger partial charge on any atom is -0.423 e. The molecule has 0 aliphatic heterocycles. The number of aryl methyl sites for hydroxylation is 1. The SMILES string of the molecule is Cc1cccc(C(=O)c2ccc(-c3ccccc3)cc2)c1.O=Cc1ccccc1C(=O)Oc1ccccc1. The van der Waals surface area contributed by atoms with Crippen LogP contribution in [0.2, 0.25) is 0 Å². The quantitative estimate of drug-likeness (QED) is 0.105. The molecule has 0 aromatic heterocycles. The van der Waals surface area contributed by atoms with Crippen LogP contribution in [0.3, 0.4) is 0 Å². The van der Waals surface area contributed by atoms with Crippen LogP contribution in [0, 0.1) is 6.92 Å². The van der Waals surface area contributed by atoms with Crippen molar-refractivity contribution in [3.8, 4) is 16.9 Å². The van der Waals surface area contributed by atoms with Crippen LogP contribution in [-0.4, -0.2) is 18.0 Å². The topological polar surface area (TPSA) is 60.4 Å². The number of para-hydroxylation sites is 1. The molecule has 0 unspecified atom stereocenters. The first-order valence-electron chi connectivity index (χ1n) is 12.1. The predicted molar refractivity (Wildman–Crippen MR) is 150 cm³/mol. The van der Waals surface area contributed by atoms with Gasteiger partial charge in [0.15, 0.2) is 12.1 Å². The van der Waals surface area contributed by atoms with Gasteiger partial charge in [0.25, 0.3) is 0 Å². The van der Waals surface area contributed by atoms with E-state index in [0.29, 0.717) is 17.6 Å². The first-order chi connectivity index (χ1) is 18.5. The molecule has 4 nitrogen and oxygen atoms in total. The monoisotopic (exact) mass is 498 g/mol. The van der Waals surface area contributed by atoms with Gasteiger partial charge in [0.1, 0.15) is 5.75 Å². The fourth-order valence-electron chi connectivity index (χ4n) is 3.83. The van der Waals surface area contributed by atoms with Crippen LogP contribution in [0.25, 0.3) is 11.1 Å². The molecule has 0 atom stereocenters. The summed E-state index contributed by atoms with van der Waals surface area (Å²) in [6.07, 6.45) is 0.640. The maximum absolute atomic E-state index is 12.4. The third kappa shape index (κ3) is 6.77. The molecule has 0 amide bonds. The Bertz CT molecular complexity index is 1520. The molecule has 4 heteroatoms. The Kier molecular flexibility index (Phi) is 8.72. The minimum atomic E-state index is -0.529. The zero-order valence-corrected chi connectivity index (χ0v) is 20.9. The third-order valence-electron chi connectivity index (χ3n) is 5.80. The smallest absolute Gasteiger partial charge is 0.344 e. The maximum atomic E-state index is 12.4. The molecular formula is C34H26O4. The molecule has 0 aliphatic carbocycles. The number of hydrogen-bond acceptors (Lipinski definition) is 4. The number of aldehydes is 1. The highest BCUT2D eigenvalue weighted by molar-refractivity contribution is 6.09. The van der Waals surface area contributed by atoms with Crippen LogP contribution in [-0.2, 0) is 0 Å². The van der Waals surface area contributed by atoms with E-state index in [1.807, 2.05) is 79.7 Å². The highest BCUT2D eigenvalue weighted by Crippen LogP contribution is 2.21. The van der Waals surface area contributed by atoms with Crippen molar-refractivity contribution in [2.24, 2.45) is 0 Å². The summed E-state index contributed by atoms with van der Waals surface area (Å²) in [5.41, 5.74) is 5.44. The molecule has 5 aromatic rings. The summed E-state index contributed by atoms with van der Waals surface area (Å²) in [6.45, 7) is 2.00. The summed E-state index contributed by atoms with van der Waals surface area (Å²) < 4.78 is 5.15. The van der Waals surface area contributed by atoms with Gasteiger partial charge < -0.3 is 4.74 Å². The minimum absolute atomic E-state index is 0.0679. The Morgan fingerprint density at radius 3 is 1.87 bits per heavy atom. The molecule has 38 heavy (non-hydrogen) atoms. The van der Waals surface area contributed by atoms with Crippen LogP contribution < -0.4 is 4.74 Å². The van der Waals surface area contributed by atoms with E-state index in [1.165, 1.54) is 0 Å². The summed E-state index contributed by atoms with van der Waals surface area (Å²) in [7, 11) is 0. The fourth-order valence-corrected chi connectivity index (χ4v) is 3.83. The van der Waals surface area contributed by atoms with Crippen LogP contribution >= 0.6 is 0 Å². The highest BCUT2D eigenvalue weighted by Gasteiger charge is 2.12. The van der Waals surface area contributed by atoms with Gasteiger partial charge in [-0.1, -0.05) is 115 Å². The fraction of sp³-hybridized carbons (Fsp3) is 0.0294. The van der Waals surface area contributed by atoms with Gasteiger partial charge in [-0.3, -0.25) is 9.59 Å². The maximum Gasteiger partial charge on any atom is 0.344 e. The van der Waals surface area contributed by atoms with Gasteiger partial charge >= 0.3 is 5.97 Å². The van der Waals surface area contributed by atoms with E-state index < -0.39 is 5.97 Å². The van der Waals surface area contributed by atoms with Crippen LogP contribution in [0.5, 0.6) is 5.75 Å². The Labute approximate surface area is 222 Å². The number of esters is 1. The average molecular weight is 499 g/mol. The van der Waals surface area contributed by atoms with Crippen LogP contribution in [0.15, 0.2) is 133 Å². The number of ketones is 1. The van der Waals surface area contributed by atoms with Crippen molar-refractivity contribution in [2.75, 3.05) is 0 Å². The molecule has 0 saturated carbocycles. The molecule has 0 saturated heterocycles. The normalized spacial score (nSPS) is 10.0. The lowest BCUT2D eigenvalue weighted by Gasteiger charge is -2.05. The third-order valence-corrected chi connectivity index (χ3v) is 5.80. The van der Waals surface area contributed by atoms with Gasteiger partial charge in [-0.05, 0) is 42.3 Å². The first-order valence-corrected chi connectivity index (χ1v) is 12.1. The van der Waals surface area contributed by atoms with E-state index in [-0.39, 0.29) is 11.3 Å². The molecule has 0 radical (unpaired) electrons. The second kappa shape index (κ2) is 12.7. The van der Waals surface area contributed by atoms with E-state index in [1.54, 1.807) is 48.5 Å². The predicted octanol–water partition coefficient (Wildman–Crippen LogP) is 7.61. The summed E-state index contributed by atoms with van der Waals surface area (Å²) in [5, 5.41) is 0. The zero-order valence-electron chi connectivity index (χ0n) is 20.9. The summed E-state index contributed by atoms with van der Waals surface area (Å²) in [5.74, 6) is -0.00425.